The number of alkyl halides is 2. The summed E-state index contributed by atoms with van der Waals surface area (Å²) >= 11 is 6.03. The zero-order valence-corrected chi connectivity index (χ0v) is 22.9. The lowest BCUT2D eigenvalue weighted by Gasteiger charge is -2.29. The normalized spacial score (nSPS) is 17.3. The number of imidazole rings is 1. The number of benzene rings is 1. The SMILES string of the molecule is Cc1ncc(Cl)cc1C(=O)N[C@H]1CC[C@H](Cn2c(=O)n(-c3ccc(NCCC(F)F)nc3)c3ccccc32)CC1. The van der Waals surface area contributed by atoms with E-state index in [2.05, 4.69) is 20.6 Å². The number of carbonyl (C=O) groups is 1. The Balaban J connectivity index is 1.27. The van der Waals surface area contributed by atoms with Crippen LogP contribution in [0.3, 0.4) is 0 Å². The van der Waals surface area contributed by atoms with Crippen LogP contribution in [-0.4, -0.2) is 44.0 Å². The van der Waals surface area contributed by atoms with E-state index >= 15 is 0 Å². The van der Waals surface area contributed by atoms with Crippen LogP contribution in [0.5, 0.6) is 0 Å². The number of nitrogens with one attached hydrogen (secondary N) is 2. The molecule has 1 fully saturated rings. The minimum absolute atomic E-state index is 0.0547. The number of rotatable bonds is 9. The van der Waals surface area contributed by atoms with Crippen molar-refractivity contribution in [2.45, 2.75) is 58.0 Å². The summed E-state index contributed by atoms with van der Waals surface area (Å²) in [5, 5.41) is 6.42. The highest BCUT2D eigenvalue weighted by Crippen LogP contribution is 2.28. The molecule has 210 valence electrons. The molecule has 0 saturated heterocycles. The van der Waals surface area contributed by atoms with Crippen molar-refractivity contribution in [1.29, 1.82) is 0 Å². The first-order valence-electron chi connectivity index (χ1n) is 13.4. The van der Waals surface area contributed by atoms with E-state index in [1.165, 1.54) is 6.20 Å². The summed E-state index contributed by atoms with van der Waals surface area (Å²) in [7, 11) is 0. The molecular weight excluding hydrogens is 538 g/mol. The van der Waals surface area contributed by atoms with Crippen LogP contribution >= 0.6 is 11.6 Å². The molecule has 0 unspecified atom stereocenters. The van der Waals surface area contributed by atoms with E-state index < -0.39 is 6.43 Å². The maximum Gasteiger partial charge on any atom is 0.333 e. The van der Waals surface area contributed by atoms with E-state index in [0.717, 1.165) is 36.7 Å². The predicted octanol–water partition coefficient (Wildman–Crippen LogP) is 5.60. The zero-order valence-electron chi connectivity index (χ0n) is 22.1. The molecule has 0 radical (unpaired) electrons. The van der Waals surface area contributed by atoms with Gasteiger partial charge in [-0.3, -0.25) is 18.9 Å². The Kier molecular flexibility index (Phi) is 8.44. The van der Waals surface area contributed by atoms with Gasteiger partial charge in [0.1, 0.15) is 5.82 Å². The second-order valence-electron chi connectivity index (χ2n) is 10.2. The van der Waals surface area contributed by atoms with Crippen molar-refractivity contribution >= 4 is 34.4 Å². The molecule has 3 aromatic heterocycles. The first-order chi connectivity index (χ1) is 19.3. The van der Waals surface area contributed by atoms with Crippen molar-refractivity contribution < 1.29 is 13.6 Å². The van der Waals surface area contributed by atoms with Gasteiger partial charge in [0.2, 0.25) is 6.43 Å². The van der Waals surface area contributed by atoms with Gasteiger partial charge in [-0.2, -0.15) is 0 Å². The number of halogens is 3. The lowest BCUT2D eigenvalue weighted by Crippen LogP contribution is -2.39. The van der Waals surface area contributed by atoms with E-state index in [1.807, 2.05) is 28.8 Å². The molecular formula is C29H31ClF2N6O2. The molecule has 0 aliphatic heterocycles. The quantitative estimate of drug-likeness (QED) is 0.274. The highest BCUT2D eigenvalue weighted by atomic mass is 35.5. The Bertz CT molecular complexity index is 1540. The molecule has 1 aliphatic carbocycles. The molecule has 8 nitrogen and oxygen atoms in total. The topological polar surface area (TPSA) is 93.8 Å². The van der Waals surface area contributed by atoms with Gasteiger partial charge >= 0.3 is 5.69 Å². The van der Waals surface area contributed by atoms with Crippen molar-refractivity contribution in [3.63, 3.8) is 0 Å². The van der Waals surface area contributed by atoms with Crippen molar-refractivity contribution in [3.05, 3.63) is 81.6 Å². The van der Waals surface area contributed by atoms with E-state index in [-0.39, 0.29) is 30.6 Å². The number of hydrogen-bond acceptors (Lipinski definition) is 5. The summed E-state index contributed by atoms with van der Waals surface area (Å²) < 4.78 is 28.3. The Morgan fingerprint density at radius 3 is 2.52 bits per heavy atom. The van der Waals surface area contributed by atoms with Crippen LogP contribution in [0, 0.1) is 12.8 Å². The van der Waals surface area contributed by atoms with Crippen LogP contribution in [0.15, 0.2) is 59.7 Å². The average molecular weight is 569 g/mol. The van der Waals surface area contributed by atoms with Crippen LogP contribution in [0.25, 0.3) is 16.7 Å². The maximum absolute atomic E-state index is 13.6. The monoisotopic (exact) mass is 568 g/mol. The number of carbonyl (C=O) groups excluding carboxylic acids is 1. The minimum atomic E-state index is -2.37. The fraction of sp³-hybridized carbons (Fsp3) is 0.379. The van der Waals surface area contributed by atoms with E-state index in [9.17, 15) is 18.4 Å². The van der Waals surface area contributed by atoms with E-state index in [4.69, 9.17) is 11.6 Å². The number of aryl methyl sites for hydroxylation is 1. The number of nitrogens with zero attached hydrogens (tertiary/aromatic N) is 4. The van der Waals surface area contributed by atoms with Crippen LogP contribution in [0.4, 0.5) is 14.6 Å². The summed E-state index contributed by atoms with van der Waals surface area (Å²) in [6.45, 7) is 2.48. The number of aromatic nitrogens is 4. The Morgan fingerprint density at radius 2 is 1.82 bits per heavy atom. The number of amides is 1. The smallest absolute Gasteiger partial charge is 0.333 e. The van der Waals surface area contributed by atoms with Crippen molar-refractivity contribution in [1.82, 2.24) is 24.4 Å². The van der Waals surface area contributed by atoms with E-state index in [0.29, 0.717) is 40.2 Å². The van der Waals surface area contributed by atoms with Gasteiger partial charge < -0.3 is 10.6 Å². The van der Waals surface area contributed by atoms with Gasteiger partial charge in [-0.25, -0.2) is 18.6 Å². The molecule has 1 aliphatic rings. The molecule has 0 bridgehead atoms. The third kappa shape index (κ3) is 6.17. The summed E-state index contributed by atoms with van der Waals surface area (Å²) in [5.41, 5.74) is 3.20. The van der Waals surface area contributed by atoms with Gasteiger partial charge in [-0.1, -0.05) is 23.7 Å². The molecule has 4 aromatic rings. The molecule has 40 heavy (non-hydrogen) atoms. The Hall–Kier alpha value is -3.79. The number of pyridine rings is 2. The van der Waals surface area contributed by atoms with Gasteiger partial charge in [0, 0.05) is 31.7 Å². The summed E-state index contributed by atoms with van der Waals surface area (Å²) in [6, 6.07) is 12.8. The Morgan fingerprint density at radius 1 is 1.07 bits per heavy atom. The van der Waals surface area contributed by atoms with Crippen LogP contribution < -0.4 is 16.3 Å². The molecule has 2 N–H and O–H groups in total. The largest absolute Gasteiger partial charge is 0.370 e. The zero-order chi connectivity index (χ0) is 28.2. The minimum Gasteiger partial charge on any atom is -0.370 e. The van der Waals surface area contributed by atoms with E-state index in [1.54, 1.807) is 35.9 Å². The lowest BCUT2D eigenvalue weighted by molar-refractivity contribution is 0.0919. The van der Waals surface area contributed by atoms with Crippen molar-refractivity contribution in [2.75, 3.05) is 11.9 Å². The highest BCUT2D eigenvalue weighted by Gasteiger charge is 2.25. The molecule has 1 aromatic carbocycles. The first-order valence-corrected chi connectivity index (χ1v) is 13.8. The lowest BCUT2D eigenvalue weighted by atomic mass is 9.85. The molecule has 3 heterocycles. The third-order valence-electron chi connectivity index (χ3n) is 7.43. The van der Waals surface area contributed by atoms with Gasteiger partial charge in [-0.05, 0) is 68.9 Å². The molecule has 1 amide bonds. The number of fused-ring (bicyclic) bond motifs is 1. The summed E-state index contributed by atoms with van der Waals surface area (Å²) in [5.74, 6) is 0.602. The van der Waals surface area contributed by atoms with Crippen LogP contribution in [-0.2, 0) is 6.54 Å². The molecule has 5 rings (SSSR count). The standard InChI is InChI=1S/C29H31ClF2N6O2/c1-18-23(14-20(30)15-34-18)28(39)36-21-8-6-19(7-9-21)17-37-24-4-2-3-5-25(24)38(29(37)40)22-10-11-27(35-16-22)33-13-12-26(31)32/h2-5,10-11,14-16,19,21,26H,6-9,12-13,17H2,1H3,(H,33,35)(H,36,39)/t19-,21-. The average Bonchev–Trinajstić information content (AvgIpc) is 3.22. The molecule has 0 atom stereocenters. The van der Waals surface area contributed by atoms with Crippen LogP contribution in [0.1, 0.15) is 48.2 Å². The second kappa shape index (κ2) is 12.2. The fourth-order valence-corrected chi connectivity index (χ4v) is 5.47. The Labute approximate surface area is 235 Å². The van der Waals surface area contributed by atoms with Crippen molar-refractivity contribution in [2.24, 2.45) is 5.92 Å². The van der Waals surface area contributed by atoms with Crippen LogP contribution in [0.2, 0.25) is 5.02 Å². The maximum atomic E-state index is 13.6. The molecule has 11 heteroatoms. The third-order valence-corrected chi connectivity index (χ3v) is 7.64. The summed E-state index contributed by atoms with van der Waals surface area (Å²) in [6.07, 6.45) is 3.87. The molecule has 1 saturated carbocycles. The number of para-hydroxylation sites is 2. The first kappa shape index (κ1) is 27.8. The van der Waals surface area contributed by atoms with Gasteiger partial charge in [0.15, 0.2) is 0 Å². The highest BCUT2D eigenvalue weighted by molar-refractivity contribution is 6.30. The summed E-state index contributed by atoms with van der Waals surface area (Å²) in [4.78, 5) is 34.9. The van der Waals surface area contributed by atoms with Crippen molar-refractivity contribution in [3.8, 4) is 5.69 Å². The fourth-order valence-electron chi connectivity index (χ4n) is 5.31. The van der Waals surface area contributed by atoms with Gasteiger partial charge in [-0.15, -0.1) is 0 Å². The second-order valence-corrected chi connectivity index (χ2v) is 10.6. The molecule has 0 spiro atoms. The van der Waals surface area contributed by atoms with Gasteiger partial charge in [0.25, 0.3) is 5.91 Å². The number of hydrogen-bond donors (Lipinski definition) is 2. The predicted molar refractivity (Wildman–Crippen MR) is 152 cm³/mol. The van der Waals surface area contributed by atoms with Gasteiger partial charge in [0.05, 0.1) is 39.2 Å². The number of anilines is 1.